The molecule has 1 amide bonds. The van der Waals surface area contributed by atoms with Crippen LogP contribution in [0.15, 0.2) is 54.9 Å². The Morgan fingerprint density at radius 3 is 2.66 bits per heavy atom. The first-order valence-electron chi connectivity index (χ1n) is 8.98. The van der Waals surface area contributed by atoms with Crippen molar-refractivity contribution in [1.82, 2.24) is 14.7 Å². The average Bonchev–Trinajstić information content (AvgIpc) is 3.27. The lowest BCUT2D eigenvalue weighted by molar-refractivity contribution is 0.0706. The monoisotopic (exact) mass is 399 g/mol. The van der Waals surface area contributed by atoms with E-state index in [1.165, 1.54) is 34.9 Å². The number of carbonyl (C=O) groups excluding carboxylic acids is 1. The molecule has 0 bridgehead atoms. The summed E-state index contributed by atoms with van der Waals surface area (Å²) in [5, 5.41) is 13.4. The molecule has 29 heavy (non-hydrogen) atoms. The number of carbonyl (C=O) groups is 1. The van der Waals surface area contributed by atoms with E-state index in [0.717, 1.165) is 0 Å². The van der Waals surface area contributed by atoms with Gasteiger partial charge in [-0.15, -0.1) is 0 Å². The Morgan fingerprint density at radius 1 is 1.21 bits per heavy atom. The minimum atomic E-state index is -0.567. The van der Waals surface area contributed by atoms with E-state index in [0.29, 0.717) is 17.1 Å². The molecule has 152 valence electrons. The van der Waals surface area contributed by atoms with Gasteiger partial charge in [-0.25, -0.2) is 9.07 Å². The number of ether oxygens (including phenoxy) is 2. The van der Waals surface area contributed by atoms with E-state index in [9.17, 15) is 14.3 Å². The molecular weight excluding hydrogens is 377 g/mol. The summed E-state index contributed by atoms with van der Waals surface area (Å²) in [6.07, 6.45) is 3.16. The first kappa shape index (κ1) is 20.3. The van der Waals surface area contributed by atoms with Crippen LogP contribution < -0.4 is 9.47 Å². The van der Waals surface area contributed by atoms with Crippen molar-refractivity contribution in [3.05, 3.63) is 71.8 Å². The zero-order valence-corrected chi connectivity index (χ0v) is 16.2. The van der Waals surface area contributed by atoms with Crippen molar-refractivity contribution in [1.29, 1.82) is 0 Å². The van der Waals surface area contributed by atoms with Gasteiger partial charge in [0.25, 0.3) is 5.91 Å². The summed E-state index contributed by atoms with van der Waals surface area (Å²) in [7, 11) is 3.08. The van der Waals surface area contributed by atoms with Crippen molar-refractivity contribution in [2.45, 2.75) is 6.54 Å². The van der Waals surface area contributed by atoms with Gasteiger partial charge in [0.2, 0.25) is 0 Å². The Bertz CT molecular complexity index is 976. The van der Waals surface area contributed by atoms with Crippen molar-refractivity contribution in [2.75, 3.05) is 27.4 Å². The number of hydrogen-bond acceptors (Lipinski definition) is 5. The van der Waals surface area contributed by atoms with Gasteiger partial charge in [-0.05, 0) is 42.5 Å². The van der Waals surface area contributed by atoms with Gasteiger partial charge in [0.1, 0.15) is 23.0 Å². The third-order valence-corrected chi connectivity index (χ3v) is 4.45. The zero-order valence-electron chi connectivity index (χ0n) is 16.2. The van der Waals surface area contributed by atoms with Crippen LogP contribution in [0.5, 0.6) is 11.5 Å². The van der Waals surface area contributed by atoms with Gasteiger partial charge in [0.05, 0.1) is 20.8 Å². The quantitative estimate of drug-likeness (QED) is 0.630. The summed E-state index contributed by atoms with van der Waals surface area (Å²) in [4.78, 5) is 14.4. The molecule has 0 atom stereocenters. The molecule has 0 aliphatic heterocycles. The van der Waals surface area contributed by atoms with E-state index in [4.69, 9.17) is 9.47 Å². The standard InChI is InChI=1S/C21H22FN3O4/c1-28-17-5-7-20(29-2)16(12-17)14-24(10-11-26)21(27)15-4-6-19(18(22)13-15)25-9-3-8-23-25/h3-9,12-13,26H,10-11,14H2,1-2H3. The number of rotatable bonds is 8. The fourth-order valence-electron chi connectivity index (χ4n) is 3.00. The Labute approximate surface area is 167 Å². The summed E-state index contributed by atoms with van der Waals surface area (Å²) < 4.78 is 26.5. The van der Waals surface area contributed by atoms with Gasteiger partial charge >= 0.3 is 0 Å². The highest BCUT2D eigenvalue weighted by Gasteiger charge is 2.20. The number of methoxy groups -OCH3 is 2. The number of aromatic nitrogens is 2. The summed E-state index contributed by atoms with van der Waals surface area (Å²) in [6, 6.07) is 11.2. The molecule has 1 aromatic heterocycles. The van der Waals surface area contributed by atoms with Crippen molar-refractivity contribution in [2.24, 2.45) is 0 Å². The van der Waals surface area contributed by atoms with Crippen molar-refractivity contribution >= 4 is 5.91 Å². The first-order chi connectivity index (χ1) is 14.1. The van der Waals surface area contributed by atoms with Gasteiger partial charge < -0.3 is 19.5 Å². The number of benzene rings is 2. The van der Waals surface area contributed by atoms with Crippen LogP contribution in [0.3, 0.4) is 0 Å². The summed E-state index contributed by atoms with van der Waals surface area (Å²) in [6.45, 7) is 0.0237. The highest BCUT2D eigenvalue weighted by atomic mass is 19.1. The van der Waals surface area contributed by atoms with Crippen LogP contribution in [0.4, 0.5) is 4.39 Å². The highest BCUT2D eigenvalue weighted by molar-refractivity contribution is 5.94. The number of aliphatic hydroxyl groups is 1. The molecule has 2 aromatic carbocycles. The minimum absolute atomic E-state index is 0.0850. The fraction of sp³-hybridized carbons (Fsp3) is 0.238. The molecule has 3 rings (SSSR count). The van der Waals surface area contributed by atoms with Crippen LogP contribution in [0.1, 0.15) is 15.9 Å². The lowest BCUT2D eigenvalue weighted by Gasteiger charge is -2.23. The summed E-state index contributed by atoms with van der Waals surface area (Å²) >= 11 is 0. The molecule has 0 unspecified atom stereocenters. The van der Waals surface area contributed by atoms with Crippen LogP contribution >= 0.6 is 0 Å². The molecule has 3 aromatic rings. The largest absolute Gasteiger partial charge is 0.497 e. The maximum Gasteiger partial charge on any atom is 0.254 e. The predicted molar refractivity (Wildman–Crippen MR) is 105 cm³/mol. The second-order valence-electron chi connectivity index (χ2n) is 6.24. The van der Waals surface area contributed by atoms with Crippen LogP contribution in [0, 0.1) is 5.82 Å². The SMILES string of the molecule is COc1ccc(OC)c(CN(CCO)C(=O)c2ccc(-n3cccn3)c(F)c2)c1. The van der Waals surface area contributed by atoms with Gasteiger partial charge in [-0.3, -0.25) is 4.79 Å². The highest BCUT2D eigenvalue weighted by Crippen LogP contribution is 2.26. The first-order valence-corrected chi connectivity index (χ1v) is 8.98. The van der Waals surface area contributed by atoms with Crippen molar-refractivity contribution in [3.63, 3.8) is 0 Å². The molecule has 0 aliphatic rings. The normalized spacial score (nSPS) is 10.6. The number of halogens is 1. The minimum Gasteiger partial charge on any atom is -0.497 e. The van der Waals surface area contributed by atoms with Gasteiger partial charge in [-0.2, -0.15) is 5.10 Å². The Morgan fingerprint density at radius 2 is 2.03 bits per heavy atom. The molecule has 0 saturated heterocycles. The lowest BCUT2D eigenvalue weighted by Crippen LogP contribution is -2.33. The van der Waals surface area contributed by atoms with E-state index in [1.807, 2.05) is 0 Å². The second-order valence-corrected chi connectivity index (χ2v) is 6.24. The summed E-state index contributed by atoms with van der Waals surface area (Å²) in [5.41, 5.74) is 1.13. The molecule has 0 saturated carbocycles. The number of hydrogen-bond donors (Lipinski definition) is 1. The predicted octanol–water partition coefficient (Wildman–Crippen LogP) is 2.66. The maximum absolute atomic E-state index is 14.5. The van der Waals surface area contributed by atoms with Gasteiger partial charge in [-0.1, -0.05) is 0 Å². The average molecular weight is 399 g/mol. The maximum atomic E-state index is 14.5. The Hall–Kier alpha value is -3.39. The fourth-order valence-corrected chi connectivity index (χ4v) is 3.00. The van der Waals surface area contributed by atoms with E-state index in [-0.39, 0.29) is 30.9 Å². The van der Waals surface area contributed by atoms with Crippen LogP contribution in [-0.4, -0.2) is 53.1 Å². The molecule has 0 aliphatic carbocycles. The van der Waals surface area contributed by atoms with Crippen molar-refractivity contribution in [3.8, 4) is 17.2 Å². The van der Waals surface area contributed by atoms with E-state index in [2.05, 4.69) is 5.10 Å². The van der Waals surface area contributed by atoms with Crippen LogP contribution in [0.2, 0.25) is 0 Å². The van der Waals surface area contributed by atoms with Gasteiger partial charge in [0.15, 0.2) is 0 Å². The second kappa shape index (κ2) is 9.20. The van der Waals surface area contributed by atoms with Crippen LogP contribution in [-0.2, 0) is 6.54 Å². The Kier molecular flexibility index (Phi) is 6.46. The zero-order chi connectivity index (χ0) is 20.8. The molecular formula is C21H22FN3O4. The number of aliphatic hydroxyl groups excluding tert-OH is 1. The molecule has 0 radical (unpaired) electrons. The topological polar surface area (TPSA) is 76.8 Å². The lowest BCUT2D eigenvalue weighted by atomic mass is 10.1. The van der Waals surface area contributed by atoms with E-state index < -0.39 is 11.7 Å². The Balaban J connectivity index is 1.88. The van der Waals surface area contributed by atoms with Crippen molar-refractivity contribution < 1.29 is 23.8 Å². The number of amides is 1. The molecule has 7 nitrogen and oxygen atoms in total. The summed E-state index contributed by atoms with van der Waals surface area (Å²) in [5.74, 6) is 0.228. The molecule has 0 spiro atoms. The molecule has 8 heteroatoms. The van der Waals surface area contributed by atoms with Crippen LogP contribution in [0.25, 0.3) is 5.69 Å². The van der Waals surface area contributed by atoms with E-state index in [1.54, 1.807) is 43.8 Å². The molecule has 1 heterocycles. The molecule has 1 N–H and O–H groups in total. The smallest absolute Gasteiger partial charge is 0.254 e. The number of nitrogens with zero attached hydrogens (tertiary/aromatic N) is 3. The third-order valence-electron chi connectivity index (χ3n) is 4.45. The molecule has 0 fully saturated rings. The van der Waals surface area contributed by atoms with Gasteiger partial charge in [0, 0.05) is 36.6 Å². The third kappa shape index (κ3) is 4.55. The van der Waals surface area contributed by atoms with E-state index >= 15 is 0 Å².